The first-order chi connectivity index (χ1) is 10.3. The molecule has 0 bridgehead atoms. The highest BCUT2D eigenvalue weighted by molar-refractivity contribution is 5.65. The first-order valence-corrected chi connectivity index (χ1v) is 6.35. The van der Waals surface area contributed by atoms with Crippen LogP contribution in [0.3, 0.4) is 0 Å². The molecule has 2 heterocycles. The number of hydrogen-bond donors (Lipinski definition) is 2. The standard InChI is InChI=1S/C13H12N6O2/c1-2-21-10-6-4-3-5-8(10)11-14-7-9(13(20)15-11)12-16-18-19-17-12/h3-7H,2H2,1H3,(H,14,15,20)(H,16,17,18,19). The van der Waals surface area contributed by atoms with Crippen LogP contribution in [0.15, 0.2) is 35.3 Å². The number of benzene rings is 1. The average Bonchev–Trinajstić information content (AvgIpc) is 3.02. The SMILES string of the molecule is CCOc1ccccc1-c1ncc(-c2nnn[nH]2)c(=O)[nH]1. The molecule has 0 aliphatic carbocycles. The molecule has 1 aromatic carbocycles. The number of nitrogens with one attached hydrogen (secondary N) is 2. The number of nitrogens with zero attached hydrogens (tertiary/aromatic N) is 4. The van der Waals surface area contributed by atoms with Crippen LogP contribution in [0.5, 0.6) is 5.75 Å². The van der Waals surface area contributed by atoms with Gasteiger partial charge in [-0.1, -0.05) is 12.1 Å². The van der Waals surface area contributed by atoms with Crippen LogP contribution < -0.4 is 10.3 Å². The Morgan fingerprint density at radius 3 is 2.76 bits per heavy atom. The number of rotatable bonds is 4. The summed E-state index contributed by atoms with van der Waals surface area (Å²) in [5, 5.41) is 13.1. The van der Waals surface area contributed by atoms with Crippen LogP contribution in [0.25, 0.3) is 22.8 Å². The first kappa shape index (κ1) is 13.0. The number of hydrogen-bond acceptors (Lipinski definition) is 6. The molecule has 3 aromatic rings. The van der Waals surface area contributed by atoms with Crippen molar-refractivity contribution in [2.45, 2.75) is 6.92 Å². The van der Waals surface area contributed by atoms with Gasteiger partial charge in [-0.25, -0.2) is 10.1 Å². The molecule has 21 heavy (non-hydrogen) atoms. The Morgan fingerprint density at radius 2 is 2.05 bits per heavy atom. The van der Waals surface area contributed by atoms with Gasteiger partial charge in [-0.15, -0.1) is 5.10 Å². The van der Waals surface area contributed by atoms with Gasteiger partial charge in [0.2, 0.25) is 0 Å². The lowest BCUT2D eigenvalue weighted by Crippen LogP contribution is -2.12. The fraction of sp³-hybridized carbons (Fsp3) is 0.154. The number of H-pyrrole nitrogens is 2. The third-order valence-electron chi connectivity index (χ3n) is 2.84. The van der Waals surface area contributed by atoms with Crippen LogP contribution in [-0.2, 0) is 0 Å². The van der Waals surface area contributed by atoms with E-state index in [1.165, 1.54) is 6.20 Å². The molecule has 2 N–H and O–H groups in total. The minimum atomic E-state index is -0.329. The maximum Gasteiger partial charge on any atom is 0.262 e. The van der Waals surface area contributed by atoms with Gasteiger partial charge >= 0.3 is 0 Å². The Bertz CT molecular complexity index is 796. The smallest absolute Gasteiger partial charge is 0.262 e. The summed E-state index contributed by atoms with van der Waals surface area (Å²) in [4.78, 5) is 19.1. The minimum Gasteiger partial charge on any atom is -0.493 e. The van der Waals surface area contributed by atoms with Crippen LogP contribution in [-0.4, -0.2) is 37.2 Å². The van der Waals surface area contributed by atoms with Crippen molar-refractivity contribution in [1.82, 2.24) is 30.6 Å². The van der Waals surface area contributed by atoms with E-state index < -0.39 is 0 Å². The van der Waals surface area contributed by atoms with E-state index >= 15 is 0 Å². The first-order valence-electron chi connectivity index (χ1n) is 6.35. The molecule has 8 heteroatoms. The zero-order valence-corrected chi connectivity index (χ0v) is 11.2. The summed E-state index contributed by atoms with van der Waals surface area (Å²) in [6, 6.07) is 7.37. The van der Waals surface area contributed by atoms with E-state index in [1.54, 1.807) is 0 Å². The van der Waals surface area contributed by atoms with Gasteiger partial charge in [-0.3, -0.25) is 4.79 Å². The number of aromatic nitrogens is 6. The molecule has 0 saturated heterocycles. The van der Waals surface area contributed by atoms with Crippen molar-refractivity contribution in [3.05, 3.63) is 40.8 Å². The molecule has 0 spiro atoms. The predicted molar refractivity (Wildman–Crippen MR) is 74.6 cm³/mol. The summed E-state index contributed by atoms with van der Waals surface area (Å²) in [6.07, 6.45) is 1.43. The largest absolute Gasteiger partial charge is 0.493 e. The van der Waals surface area contributed by atoms with Gasteiger partial charge in [0.25, 0.3) is 5.56 Å². The molecule has 0 unspecified atom stereocenters. The van der Waals surface area contributed by atoms with Crippen molar-refractivity contribution in [2.75, 3.05) is 6.61 Å². The lowest BCUT2D eigenvalue weighted by molar-refractivity contribution is 0.341. The number of para-hydroxylation sites is 1. The highest BCUT2D eigenvalue weighted by Crippen LogP contribution is 2.26. The summed E-state index contributed by atoms with van der Waals surface area (Å²) in [5.74, 6) is 1.37. The molecule has 0 fully saturated rings. The van der Waals surface area contributed by atoms with E-state index in [0.717, 1.165) is 5.56 Å². The van der Waals surface area contributed by atoms with Crippen LogP contribution in [0.2, 0.25) is 0 Å². The van der Waals surface area contributed by atoms with Crippen molar-refractivity contribution in [3.63, 3.8) is 0 Å². The van der Waals surface area contributed by atoms with E-state index in [2.05, 4.69) is 30.6 Å². The summed E-state index contributed by atoms with van der Waals surface area (Å²) in [6.45, 7) is 2.43. The Kier molecular flexibility index (Phi) is 3.42. The zero-order chi connectivity index (χ0) is 14.7. The van der Waals surface area contributed by atoms with Crippen molar-refractivity contribution in [2.24, 2.45) is 0 Å². The topological polar surface area (TPSA) is 109 Å². The van der Waals surface area contributed by atoms with Crippen molar-refractivity contribution in [3.8, 4) is 28.5 Å². The fourth-order valence-electron chi connectivity index (χ4n) is 1.92. The van der Waals surface area contributed by atoms with Crippen LogP contribution in [0.4, 0.5) is 0 Å². The zero-order valence-electron chi connectivity index (χ0n) is 11.2. The third-order valence-corrected chi connectivity index (χ3v) is 2.84. The van der Waals surface area contributed by atoms with Gasteiger partial charge in [0, 0.05) is 6.20 Å². The van der Waals surface area contributed by atoms with Gasteiger partial charge < -0.3 is 9.72 Å². The van der Waals surface area contributed by atoms with Gasteiger partial charge in [-0.05, 0) is 29.5 Å². The molecule has 0 atom stereocenters. The van der Waals surface area contributed by atoms with E-state index in [0.29, 0.717) is 18.2 Å². The van der Waals surface area contributed by atoms with Gasteiger partial charge in [0.05, 0.1) is 12.2 Å². The highest BCUT2D eigenvalue weighted by atomic mass is 16.5. The Hall–Kier alpha value is -3.03. The summed E-state index contributed by atoms with van der Waals surface area (Å²) >= 11 is 0. The van der Waals surface area contributed by atoms with E-state index in [-0.39, 0.29) is 16.9 Å². The molecule has 0 amide bonds. The maximum atomic E-state index is 12.1. The van der Waals surface area contributed by atoms with Crippen molar-refractivity contribution >= 4 is 0 Å². The molecule has 106 valence electrons. The molecular weight excluding hydrogens is 272 g/mol. The third kappa shape index (κ3) is 2.50. The van der Waals surface area contributed by atoms with Crippen LogP contribution in [0.1, 0.15) is 6.92 Å². The fourth-order valence-corrected chi connectivity index (χ4v) is 1.92. The second kappa shape index (κ2) is 5.53. The minimum absolute atomic E-state index is 0.272. The van der Waals surface area contributed by atoms with E-state index in [9.17, 15) is 4.79 Å². The molecule has 8 nitrogen and oxygen atoms in total. The quantitative estimate of drug-likeness (QED) is 0.740. The van der Waals surface area contributed by atoms with Gasteiger partial charge in [0.1, 0.15) is 17.1 Å². The summed E-state index contributed by atoms with van der Waals surface area (Å²) < 4.78 is 5.53. The number of aromatic amines is 2. The maximum absolute atomic E-state index is 12.1. The number of tetrazole rings is 1. The monoisotopic (exact) mass is 284 g/mol. The highest BCUT2D eigenvalue weighted by Gasteiger charge is 2.12. The van der Waals surface area contributed by atoms with Gasteiger partial charge in [-0.2, -0.15) is 0 Å². The normalized spacial score (nSPS) is 10.5. The molecule has 0 aliphatic rings. The Morgan fingerprint density at radius 1 is 1.19 bits per heavy atom. The average molecular weight is 284 g/mol. The lowest BCUT2D eigenvalue weighted by atomic mass is 10.2. The van der Waals surface area contributed by atoms with E-state index in [4.69, 9.17) is 4.74 Å². The number of ether oxygens (including phenoxy) is 1. The molecular formula is C13H12N6O2. The second-order valence-corrected chi connectivity index (χ2v) is 4.15. The van der Waals surface area contributed by atoms with Gasteiger partial charge in [0.15, 0.2) is 5.82 Å². The molecule has 0 aliphatic heterocycles. The Balaban J connectivity index is 2.05. The second-order valence-electron chi connectivity index (χ2n) is 4.15. The molecule has 0 radical (unpaired) electrons. The lowest BCUT2D eigenvalue weighted by Gasteiger charge is -2.09. The van der Waals surface area contributed by atoms with Crippen LogP contribution >= 0.6 is 0 Å². The predicted octanol–water partition coefficient (Wildman–Crippen LogP) is 1.02. The molecule has 3 rings (SSSR count). The molecule has 0 saturated carbocycles. The summed E-state index contributed by atoms with van der Waals surface area (Å²) in [5.41, 5.74) is 0.668. The van der Waals surface area contributed by atoms with Crippen molar-refractivity contribution in [1.29, 1.82) is 0 Å². The summed E-state index contributed by atoms with van der Waals surface area (Å²) in [7, 11) is 0. The van der Waals surface area contributed by atoms with E-state index in [1.807, 2.05) is 31.2 Å². The van der Waals surface area contributed by atoms with Crippen LogP contribution in [0, 0.1) is 0 Å². The Labute approximate surface area is 119 Å². The molecule has 2 aromatic heterocycles. The van der Waals surface area contributed by atoms with Crippen molar-refractivity contribution < 1.29 is 4.74 Å².